The van der Waals surface area contributed by atoms with Crippen LogP contribution < -0.4 is 14.2 Å². The Labute approximate surface area is 256 Å². The Balaban J connectivity index is 1.46. The molecule has 1 fully saturated rings. The standard InChI is InChI=1S/C33H37FN4O6/c1-41-24-10-8-23(9-11-24)30-21-29(27-13-12-25(42-2)20-31(27)43-3)35-38(30)32(39)22-37(15-14-36-16-18-44-19-17-36)33(40)26-6-4-5-7-28(26)34/h4-13,20,30H,14-19,21-22H2,1-3H3/t30-/m1/s1. The van der Waals surface area contributed by atoms with Gasteiger partial charge < -0.3 is 23.8 Å². The molecule has 3 aromatic rings. The van der Waals surface area contributed by atoms with E-state index in [1.807, 2.05) is 36.4 Å². The van der Waals surface area contributed by atoms with Gasteiger partial charge in [0, 0.05) is 44.2 Å². The molecule has 0 saturated carbocycles. The molecule has 10 nitrogen and oxygen atoms in total. The highest BCUT2D eigenvalue weighted by Gasteiger charge is 2.36. The minimum Gasteiger partial charge on any atom is -0.497 e. The number of hydrazone groups is 1. The normalized spacial score (nSPS) is 16.8. The second kappa shape index (κ2) is 14.3. The molecule has 2 aliphatic heterocycles. The fraction of sp³-hybridized carbons (Fsp3) is 0.364. The van der Waals surface area contributed by atoms with Crippen LogP contribution in [-0.2, 0) is 9.53 Å². The van der Waals surface area contributed by atoms with Gasteiger partial charge in [-0.05, 0) is 42.0 Å². The Hall–Kier alpha value is -4.48. The van der Waals surface area contributed by atoms with Gasteiger partial charge in [0.15, 0.2) is 0 Å². The second-order valence-corrected chi connectivity index (χ2v) is 10.5. The molecule has 3 aromatic carbocycles. The monoisotopic (exact) mass is 604 g/mol. The maximum absolute atomic E-state index is 14.7. The summed E-state index contributed by atoms with van der Waals surface area (Å²) in [6.45, 7) is 3.13. The third kappa shape index (κ3) is 7.00. The summed E-state index contributed by atoms with van der Waals surface area (Å²) < 4.78 is 36.5. The maximum atomic E-state index is 14.7. The SMILES string of the molecule is COc1ccc([C@H]2CC(c3ccc(OC)cc3OC)=NN2C(=O)CN(CCN2CCOCC2)C(=O)c2ccccc2F)cc1. The van der Waals surface area contributed by atoms with Gasteiger partial charge in [0.05, 0.1) is 51.9 Å². The summed E-state index contributed by atoms with van der Waals surface area (Å²) in [5, 5.41) is 6.21. The Morgan fingerprint density at radius 3 is 2.34 bits per heavy atom. The highest BCUT2D eigenvalue weighted by atomic mass is 19.1. The molecule has 0 N–H and O–H groups in total. The number of carbonyl (C=O) groups is 2. The first-order valence-electron chi connectivity index (χ1n) is 14.5. The number of hydrogen-bond donors (Lipinski definition) is 0. The van der Waals surface area contributed by atoms with Crippen molar-refractivity contribution in [1.29, 1.82) is 0 Å². The maximum Gasteiger partial charge on any atom is 0.262 e. The van der Waals surface area contributed by atoms with E-state index in [-0.39, 0.29) is 24.6 Å². The topological polar surface area (TPSA) is 93.1 Å². The predicted octanol–water partition coefficient (Wildman–Crippen LogP) is 4.00. The molecule has 232 valence electrons. The number of halogens is 1. The van der Waals surface area contributed by atoms with Crippen LogP contribution in [0.4, 0.5) is 4.39 Å². The zero-order valence-corrected chi connectivity index (χ0v) is 25.2. The van der Waals surface area contributed by atoms with E-state index in [1.54, 1.807) is 33.5 Å². The highest BCUT2D eigenvalue weighted by Crippen LogP contribution is 2.37. The average Bonchev–Trinajstić information content (AvgIpc) is 3.52. The van der Waals surface area contributed by atoms with Crippen LogP contribution in [0.25, 0.3) is 0 Å². The first-order chi connectivity index (χ1) is 21.4. The Morgan fingerprint density at radius 2 is 1.66 bits per heavy atom. The summed E-state index contributed by atoms with van der Waals surface area (Å²) in [6, 6.07) is 18.3. The molecule has 2 aliphatic rings. The van der Waals surface area contributed by atoms with Crippen LogP contribution in [0.1, 0.15) is 33.9 Å². The van der Waals surface area contributed by atoms with Crippen molar-refractivity contribution in [1.82, 2.24) is 14.8 Å². The molecule has 1 saturated heterocycles. The van der Waals surface area contributed by atoms with Crippen molar-refractivity contribution in [2.75, 3.05) is 67.3 Å². The highest BCUT2D eigenvalue weighted by molar-refractivity contribution is 6.05. The molecule has 0 bridgehead atoms. The molecule has 2 heterocycles. The molecule has 0 radical (unpaired) electrons. The Bertz CT molecular complexity index is 1490. The molecule has 44 heavy (non-hydrogen) atoms. The van der Waals surface area contributed by atoms with Crippen LogP contribution in [0.15, 0.2) is 71.8 Å². The van der Waals surface area contributed by atoms with Crippen LogP contribution in [-0.4, -0.2) is 99.6 Å². The number of amides is 2. The van der Waals surface area contributed by atoms with E-state index in [9.17, 15) is 14.0 Å². The smallest absolute Gasteiger partial charge is 0.262 e. The van der Waals surface area contributed by atoms with Gasteiger partial charge >= 0.3 is 0 Å². The van der Waals surface area contributed by atoms with Crippen LogP contribution >= 0.6 is 0 Å². The lowest BCUT2D eigenvalue weighted by Crippen LogP contribution is -2.46. The third-order valence-electron chi connectivity index (χ3n) is 7.89. The first-order valence-corrected chi connectivity index (χ1v) is 14.5. The van der Waals surface area contributed by atoms with Crippen LogP contribution in [0.5, 0.6) is 17.2 Å². The van der Waals surface area contributed by atoms with Crippen LogP contribution in [0, 0.1) is 5.82 Å². The second-order valence-electron chi connectivity index (χ2n) is 10.5. The van der Waals surface area contributed by atoms with E-state index in [2.05, 4.69) is 4.90 Å². The molecule has 5 rings (SSSR count). The predicted molar refractivity (Wildman–Crippen MR) is 163 cm³/mol. The molecular formula is C33H37FN4O6. The minimum absolute atomic E-state index is 0.0810. The number of hydrogen-bond acceptors (Lipinski definition) is 8. The van der Waals surface area contributed by atoms with Gasteiger partial charge in [0.25, 0.3) is 11.8 Å². The van der Waals surface area contributed by atoms with Crippen LogP contribution in [0.3, 0.4) is 0 Å². The molecule has 1 atom stereocenters. The summed E-state index contributed by atoms with van der Waals surface area (Å²) in [7, 11) is 4.74. The minimum atomic E-state index is -0.634. The molecule has 0 spiro atoms. The van der Waals surface area contributed by atoms with Crippen molar-refractivity contribution >= 4 is 17.5 Å². The third-order valence-corrected chi connectivity index (χ3v) is 7.89. The van der Waals surface area contributed by atoms with E-state index < -0.39 is 17.8 Å². The lowest BCUT2D eigenvalue weighted by molar-refractivity contribution is -0.133. The van der Waals surface area contributed by atoms with Crippen molar-refractivity contribution in [3.63, 3.8) is 0 Å². The molecule has 2 amide bonds. The summed E-state index contributed by atoms with van der Waals surface area (Å²) in [6.07, 6.45) is 0.412. The van der Waals surface area contributed by atoms with Crippen molar-refractivity contribution < 1.29 is 32.9 Å². The van der Waals surface area contributed by atoms with Gasteiger partial charge in [-0.2, -0.15) is 5.10 Å². The molecule has 0 aliphatic carbocycles. The van der Waals surface area contributed by atoms with E-state index in [0.717, 1.165) is 24.2 Å². The van der Waals surface area contributed by atoms with Crippen molar-refractivity contribution in [3.8, 4) is 17.2 Å². The van der Waals surface area contributed by atoms with E-state index in [1.165, 1.54) is 28.1 Å². The Morgan fingerprint density at radius 1 is 0.955 bits per heavy atom. The number of rotatable bonds is 11. The number of morpholine rings is 1. The zero-order valence-electron chi connectivity index (χ0n) is 25.2. The first kappa shape index (κ1) is 31.0. The fourth-order valence-corrected chi connectivity index (χ4v) is 5.41. The van der Waals surface area contributed by atoms with E-state index in [4.69, 9.17) is 24.0 Å². The molecule has 0 unspecified atom stereocenters. The van der Waals surface area contributed by atoms with Gasteiger partial charge in [-0.25, -0.2) is 9.40 Å². The Kier molecular flexibility index (Phi) is 10.1. The fourth-order valence-electron chi connectivity index (χ4n) is 5.41. The van der Waals surface area contributed by atoms with Crippen LogP contribution in [0.2, 0.25) is 0 Å². The van der Waals surface area contributed by atoms with E-state index in [0.29, 0.717) is 49.1 Å². The summed E-state index contributed by atoms with van der Waals surface area (Å²) in [4.78, 5) is 31.3. The van der Waals surface area contributed by atoms with Crippen molar-refractivity contribution in [2.45, 2.75) is 12.5 Å². The number of carbonyl (C=O) groups excluding carboxylic acids is 2. The van der Waals surface area contributed by atoms with Gasteiger partial charge in [0.2, 0.25) is 0 Å². The molecule has 11 heteroatoms. The van der Waals surface area contributed by atoms with Gasteiger partial charge in [-0.15, -0.1) is 0 Å². The molecule has 0 aromatic heterocycles. The zero-order chi connectivity index (χ0) is 31.1. The number of nitrogens with zero attached hydrogens (tertiary/aromatic N) is 4. The summed E-state index contributed by atoms with van der Waals surface area (Å²) in [5.74, 6) is 0.308. The van der Waals surface area contributed by atoms with Gasteiger partial charge in [-0.1, -0.05) is 24.3 Å². The van der Waals surface area contributed by atoms with Gasteiger partial charge in [0.1, 0.15) is 29.6 Å². The number of ether oxygens (including phenoxy) is 4. The summed E-state index contributed by atoms with van der Waals surface area (Å²) >= 11 is 0. The summed E-state index contributed by atoms with van der Waals surface area (Å²) in [5.41, 5.74) is 2.15. The largest absolute Gasteiger partial charge is 0.497 e. The lowest BCUT2D eigenvalue weighted by Gasteiger charge is -2.31. The van der Waals surface area contributed by atoms with Crippen molar-refractivity contribution in [3.05, 3.63) is 89.2 Å². The lowest BCUT2D eigenvalue weighted by atomic mass is 9.97. The van der Waals surface area contributed by atoms with Crippen molar-refractivity contribution in [2.24, 2.45) is 5.10 Å². The van der Waals surface area contributed by atoms with Gasteiger partial charge in [-0.3, -0.25) is 14.5 Å². The number of benzene rings is 3. The quantitative estimate of drug-likeness (QED) is 0.327. The number of methoxy groups -OCH3 is 3. The average molecular weight is 605 g/mol. The van der Waals surface area contributed by atoms with E-state index >= 15 is 0 Å². The molecular weight excluding hydrogens is 567 g/mol.